The van der Waals surface area contributed by atoms with Crippen LogP contribution in [0.5, 0.6) is 0 Å². The molecule has 0 N–H and O–H groups in total. The van der Waals surface area contributed by atoms with Gasteiger partial charge in [0.15, 0.2) is 0 Å². The van der Waals surface area contributed by atoms with Crippen molar-refractivity contribution in [3.63, 3.8) is 0 Å². The summed E-state index contributed by atoms with van der Waals surface area (Å²) in [6.07, 6.45) is 1.51. The smallest absolute Gasteiger partial charge is 0.287 e. The lowest BCUT2D eigenvalue weighted by molar-refractivity contribution is -0.320. The van der Waals surface area contributed by atoms with Crippen molar-refractivity contribution in [2.75, 3.05) is 6.61 Å². The molecule has 0 aliphatic rings. The Balaban J connectivity index is 3.80. The van der Waals surface area contributed by atoms with Gasteiger partial charge in [0, 0.05) is 0 Å². The Bertz CT molecular complexity index is 192. The van der Waals surface area contributed by atoms with Gasteiger partial charge in [-0.25, -0.2) is 0 Å². The summed E-state index contributed by atoms with van der Waals surface area (Å²) >= 11 is 0. The number of alkyl halides is 3. The Morgan fingerprint density at radius 1 is 1.38 bits per heavy atom. The summed E-state index contributed by atoms with van der Waals surface area (Å²) in [7, 11) is 0. The maximum atomic E-state index is 11.5. The van der Waals surface area contributed by atoms with Crippen molar-refractivity contribution < 1.29 is 17.9 Å². The topological polar surface area (TPSA) is 9.23 Å². The van der Waals surface area contributed by atoms with Crippen LogP contribution in [0.25, 0.3) is 0 Å². The number of allylic oxidation sites excluding steroid dienone is 3. The van der Waals surface area contributed by atoms with E-state index >= 15 is 0 Å². The van der Waals surface area contributed by atoms with Gasteiger partial charge in [-0.15, -0.1) is 13.2 Å². The van der Waals surface area contributed by atoms with E-state index in [1.54, 1.807) is 19.1 Å². The maximum absolute atomic E-state index is 11.5. The minimum atomic E-state index is -4.54. The summed E-state index contributed by atoms with van der Waals surface area (Å²) in [6, 6.07) is 0. The highest BCUT2D eigenvalue weighted by Crippen LogP contribution is 2.17. The van der Waals surface area contributed by atoms with Gasteiger partial charge < -0.3 is 0 Å². The highest BCUT2D eigenvalue weighted by Gasteiger charge is 2.28. The van der Waals surface area contributed by atoms with Crippen LogP contribution in [0.2, 0.25) is 0 Å². The summed E-state index contributed by atoms with van der Waals surface area (Å²) in [5, 5.41) is 0. The van der Waals surface area contributed by atoms with Crippen molar-refractivity contribution >= 4 is 0 Å². The van der Waals surface area contributed by atoms with E-state index in [-0.39, 0.29) is 0 Å². The Hall–Kier alpha value is -0.770. The SMILES string of the molecule is CC/C=C\C=C(\C)COC(F)(F)F. The lowest BCUT2D eigenvalue weighted by Crippen LogP contribution is -2.14. The molecular formula is C9H13F3O. The van der Waals surface area contributed by atoms with Gasteiger partial charge in [0.25, 0.3) is 0 Å². The van der Waals surface area contributed by atoms with Crippen molar-refractivity contribution in [3.8, 4) is 0 Å². The van der Waals surface area contributed by atoms with Gasteiger partial charge in [-0.3, -0.25) is 4.74 Å². The molecule has 0 fully saturated rings. The minimum absolute atomic E-state index is 0.405. The molecule has 0 saturated heterocycles. The Kier molecular flexibility index (Phi) is 5.46. The molecule has 0 bridgehead atoms. The van der Waals surface area contributed by atoms with Gasteiger partial charge in [-0.05, 0) is 18.9 Å². The van der Waals surface area contributed by atoms with E-state index in [2.05, 4.69) is 4.74 Å². The molecule has 0 aromatic heterocycles. The second kappa shape index (κ2) is 5.80. The quantitative estimate of drug-likeness (QED) is 0.623. The fourth-order valence-electron chi connectivity index (χ4n) is 0.612. The predicted molar refractivity (Wildman–Crippen MR) is 45.2 cm³/mol. The molecule has 0 rings (SSSR count). The van der Waals surface area contributed by atoms with Crippen LogP contribution in [0.1, 0.15) is 20.3 Å². The Labute approximate surface area is 75.9 Å². The van der Waals surface area contributed by atoms with Gasteiger partial charge in [0.2, 0.25) is 0 Å². The third kappa shape index (κ3) is 9.14. The van der Waals surface area contributed by atoms with Crippen LogP contribution >= 0.6 is 0 Å². The third-order valence-electron chi connectivity index (χ3n) is 1.22. The van der Waals surface area contributed by atoms with Crippen LogP contribution < -0.4 is 0 Å². The van der Waals surface area contributed by atoms with E-state index in [1.807, 2.05) is 13.0 Å². The number of hydrogen-bond donors (Lipinski definition) is 0. The molecule has 0 saturated carbocycles. The predicted octanol–water partition coefficient (Wildman–Crippen LogP) is 3.44. The van der Waals surface area contributed by atoms with E-state index in [0.29, 0.717) is 5.57 Å². The highest BCUT2D eigenvalue weighted by atomic mass is 19.4. The van der Waals surface area contributed by atoms with Crippen molar-refractivity contribution in [3.05, 3.63) is 23.8 Å². The summed E-state index contributed by atoms with van der Waals surface area (Å²) in [4.78, 5) is 0. The van der Waals surface area contributed by atoms with Crippen molar-refractivity contribution in [1.82, 2.24) is 0 Å². The standard InChI is InChI=1S/C9H13F3O/c1-3-4-5-6-8(2)7-13-9(10,11)12/h4-6H,3,7H2,1-2H3/b5-4-,8-6-. The van der Waals surface area contributed by atoms with E-state index in [4.69, 9.17) is 0 Å². The zero-order valence-electron chi connectivity index (χ0n) is 7.69. The lowest BCUT2D eigenvalue weighted by Gasteiger charge is -2.06. The first kappa shape index (κ1) is 12.2. The second-order valence-corrected chi connectivity index (χ2v) is 2.58. The lowest BCUT2D eigenvalue weighted by atomic mass is 10.3. The van der Waals surface area contributed by atoms with Crippen LogP contribution in [0.15, 0.2) is 23.8 Å². The number of rotatable bonds is 4. The average Bonchev–Trinajstić information content (AvgIpc) is 2.00. The number of halogens is 3. The van der Waals surface area contributed by atoms with E-state index in [0.717, 1.165) is 6.42 Å². The molecule has 0 heterocycles. The molecule has 76 valence electrons. The first-order chi connectivity index (χ1) is 5.95. The van der Waals surface area contributed by atoms with Crippen LogP contribution in [-0.2, 0) is 4.74 Å². The molecule has 0 radical (unpaired) electrons. The van der Waals surface area contributed by atoms with E-state index in [9.17, 15) is 13.2 Å². The minimum Gasteiger partial charge on any atom is -0.287 e. The van der Waals surface area contributed by atoms with Crippen molar-refractivity contribution in [2.45, 2.75) is 26.6 Å². The first-order valence-corrected chi connectivity index (χ1v) is 3.98. The van der Waals surface area contributed by atoms with Crippen molar-refractivity contribution in [2.24, 2.45) is 0 Å². The zero-order chi connectivity index (χ0) is 10.3. The molecule has 0 aliphatic heterocycles. The van der Waals surface area contributed by atoms with Crippen LogP contribution in [0.4, 0.5) is 13.2 Å². The average molecular weight is 194 g/mol. The van der Waals surface area contributed by atoms with Crippen LogP contribution in [-0.4, -0.2) is 13.0 Å². The van der Waals surface area contributed by atoms with Crippen molar-refractivity contribution in [1.29, 1.82) is 0 Å². The van der Waals surface area contributed by atoms with Crippen LogP contribution in [0.3, 0.4) is 0 Å². The summed E-state index contributed by atoms with van der Waals surface area (Å²) in [6.45, 7) is 3.13. The molecule has 13 heavy (non-hydrogen) atoms. The van der Waals surface area contributed by atoms with E-state index in [1.165, 1.54) is 0 Å². The normalized spacial score (nSPS) is 14.1. The van der Waals surface area contributed by atoms with Gasteiger partial charge >= 0.3 is 6.36 Å². The number of ether oxygens (including phenoxy) is 1. The summed E-state index contributed by atoms with van der Waals surface area (Å²) in [5.41, 5.74) is 0.544. The molecule has 0 aliphatic carbocycles. The molecule has 1 nitrogen and oxygen atoms in total. The third-order valence-corrected chi connectivity index (χ3v) is 1.22. The zero-order valence-corrected chi connectivity index (χ0v) is 7.69. The molecule has 0 amide bonds. The van der Waals surface area contributed by atoms with Gasteiger partial charge in [0.05, 0.1) is 6.61 Å². The molecule has 4 heteroatoms. The molecule has 0 aromatic carbocycles. The number of hydrogen-bond acceptors (Lipinski definition) is 1. The molecule has 0 atom stereocenters. The van der Waals surface area contributed by atoms with Gasteiger partial charge in [-0.1, -0.05) is 25.2 Å². The van der Waals surface area contributed by atoms with E-state index < -0.39 is 13.0 Å². The fraction of sp³-hybridized carbons (Fsp3) is 0.556. The van der Waals surface area contributed by atoms with Gasteiger partial charge in [0.1, 0.15) is 0 Å². The van der Waals surface area contributed by atoms with Crippen LogP contribution in [0, 0.1) is 0 Å². The fourth-order valence-corrected chi connectivity index (χ4v) is 0.612. The molecule has 0 spiro atoms. The Morgan fingerprint density at radius 3 is 2.46 bits per heavy atom. The summed E-state index contributed by atoms with van der Waals surface area (Å²) in [5.74, 6) is 0. The molecular weight excluding hydrogens is 181 g/mol. The van der Waals surface area contributed by atoms with Gasteiger partial charge in [-0.2, -0.15) is 0 Å². The monoisotopic (exact) mass is 194 g/mol. The largest absolute Gasteiger partial charge is 0.522 e. The second-order valence-electron chi connectivity index (χ2n) is 2.58. The highest BCUT2D eigenvalue weighted by molar-refractivity contribution is 5.10. The Morgan fingerprint density at radius 2 is 2.00 bits per heavy atom. The maximum Gasteiger partial charge on any atom is 0.522 e. The summed E-state index contributed by atoms with van der Waals surface area (Å²) < 4.78 is 38.2. The molecule has 0 aromatic rings. The first-order valence-electron chi connectivity index (χ1n) is 3.98. The molecule has 0 unspecified atom stereocenters.